The summed E-state index contributed by atoms with van der Waals surface area (Å²) in [6.45, 7) is 6.09. The number of rotatable bonds is 5. The van der Waals surface area contributed by atoms with Crippen LogP contribution in [0.4, 0.5) is 0 Å². The summed E-state index contributed by atoms with van der Waals surface area (Å²) in [5, 5.41) is 1.23. The largest absolute Gasteiger partial charge is 0.466 e. The van der Waals surface area contributed by atoms with E-state index in [4.69, 9.17) is 4.74 Å². The number of esters is 1. The lowest BCUT2D eigenvalue weighted by Gasteiger charge is -2.38. The predicted molar refractivity (Wildman–Crippen MR) is 110 cm³/mol. The molecule has 146 valence electrons. The number of carbonyl (C=O) groups excluding carboxylic acids is 1. The molecule has 2 atom stereocenters. The molecule has 1 saturated heterocycles. The molecule has 0 radical (unpaired) electrons. The molecule has 2 unspecified atom stereocenters. The number of para-hydroxylation sites is 1. The third kappa shape index (κ3) is 3.54. The van der Waals surface area contributed by atoms with Gasteiger partial charge < -0.3 is 9.72 Å². The molecule has 1 N–H and O–H groups in total. The number of hydrogen-bond donors (Lipinski definition) is 1. The Balaban J connectivity index is 1.77. The molecule has 5 nitrogen and oxygen atoms in total. The zero-order chi connectivity index (χ0) is 19.5. The van der Waals surface area contributed by atoms with E-state index < -0.39 is 0 Å². The van der Waals surface area contributed by atoms with Crippen LogP contribution in [0, 0.1) is 12.8 Å². The quantitative estimate of drug-likeness (QED) is 0.676. The average molecular weight is 377 g/mol. The van der Waals surface area contributed by atoms with Crippen LogP contribution < -0.4 is 0 Å². The average Bonchev–Trinajstić information content (AvgIpc) is 3.05. The molecule has 28 heavy (non-hydrogen) atoms. The van der Waals surface area contributed by atoms with E-state index >= 15 is 0 Å². The summed E-state index contributed by atoms with van der Waals surface area (Å²) >= 11 is 0. The minimum atomic E-state index is -0.0761. The Hall–Kier alpha value is -2.66. The van der Waals surface area contributed by atoms with Crippen molar-refractivity contribution in [1.29, 1.82) is 0 Å². The second-order valence-corrected chi connectivity index (χ2v) is 7.48. The number of pyridine rings is 1. The van der Waals surface area contributed by atoms with Crippen LogP contribution >= 0.6 is 0 Å². The number of fused-ring (bicyclic) bond motifs is 1. The minimum Gasteiger partial charge on any atom is -0.466 e. The maximum atomic E-state index is 12.4. The Morgan fingerprint density at radius 3 is 2.96 bits per heavy atom. The van der Waals surface area contributed by atoms with Gasteiger partial charge in [-0.15, -0.1) is 0 Å². The molecule has 1 aliphatic heterocycles. The highest BCUT2D eigenvalue weighted by Crippen LogP contribution is 2.38. The van der Waals surface area contributed by atoms with Crippen molar-refractivity contribution in [1.82, 2.24) is 14.9 Å². The summed E-state index contributed by atoms with van der Waals surface area (Å²) < 4.78 is 5.32. The van der Waals surface area contributed by atoms with Crippen molar-refractivity contribution in [3.8, 4) is 0 Å². The first-order valence-corrected chi connectivity index (χ1v) is 10.1. The van der Waals surface area contributed by atoms with Gasteiger partial charge in [-0.1, -0.05) is 24.3 Å². The van der Waals surface area contributed by atoms with Crippen LogP contribution in [-0.4, -0.2) is 40.5 Å². The molecule has 5 heteroatoms. The van der Waals surface area contributed by atoms with Gasteiger partial charge in [-0.25, -0.2) is 0 Å². The summed E-state index contributed by atoms with van der Waals surface area (Å²) in [6.07, 6.45) is 5.63. The Morgan fingerprint density at radius 1 is 1.32 bits per heavy atom. The highest BCUT2D eigenvalue weighted by atomic mass is 16.5. The van der Waals surface area contributed by atoms with Gasteiger partial charge >= 0.3 is 5.97 Å². The molecular weight excluding hydrogens is 350 g/mol. The van der Waals surface area contributed by atoms with Gasteiger partial charge in [0.1, 0.15) is 0 Å². The molecule has 1 aromatic carbocycles. The lowest BCUT2D eigenvalue weighted by atomic mass is 9.90. The van der Waals surface area contributed by atoms with Crippen LogP contribution in [-0.2, 0) is 9.53 Å². The van der Waals surface area contributed by atoms with Crippen molar-refractivity contribution >= 4 is 16.9 Å². The SMILES string of the molecule is CCOC(=O)C1CCCN(C(c2cccnc2)c2c(C)[nH]c3ccccc23)C1. The molecule has 3 aromatic rings. The number of likely N-dealkylation sites (tertiary alicyclic amines) is 1. The van der Waals surface area contributed by atoms with Crippen molar-refractivity contribution in [2.45, 2.75) is 32.7 Å². The minimum absolute atomic E-state index is 0.0575. The van der Waals surface area contributed by atoms with Crippen LogP contribution in [0.1, 0.15) is 42.6 Å². The van der Waals surface area contributed by atoms with E-state index in [0.717, 1.165) is 36.2 Å². The van der Waals surface area contributed by atoms with Crippen LogP contribution in [0.3, 0.4) is 0 Å². The first-order valence-electron chi connectivity index (χ1n) is 10.1. The van der Waals surface area contributed by atoms with Crippen molar-refractivity contribution in [3.63, 3.8) is 0 Å². The van der Waals surface area contributed by atoms with E-state index in [0.29, 0.717) is 13.2 Å². The number of carbonyl (C=O) groups is 1. The first kappa shape index (κ1) is 18.7. The fourth-order valence-electron chi connectivity index (χ4n) is 4.44. The smallest absolute Gasteiger partial charge is 0.310 e. The molecule has 3 heterocycles. The number of nitrogens with one attached hydrogen (secondary N) is 1. The number of benzene rings is 1. The highest BCUT2D eigenvalue weighted by molar-refractivity contribution is 5.85. The number of H-pyrrole nitrogens is 1. The topological polar surface area (TPSA) is 58.2 Å². The molecule has 4 rings (SSSR count). The fourth-order valence-corrected chi connectivity index (χ4v) is 4.44. The molecule has 0 aliphatic carbocycles. The number of piperidine rings is 1. The Labute approximate surface area is 165 Å². The number of hydrogen-bond acceptors (Lipinski definition) is 4. The third-order valence-corrected chi connectivity index (χ3v) is 5.65. The Morgan fingerprint density at radius 2 is 2.18 bits per heavy atom. The second kappa shape index (κ2) is 8.15. The van der Waals surface area contributed by atoms with Gasteiger partial charge in [-0.2, -0.15) is 0 Å². The maximum absolute atomic E-state index is 12.4. The molecule has 0 spiro atoms. The molecular formula is C23H27N3O2. The zero-order valence-electron chi connectivity index (χ0n) is 16.5. The zero-order valence-corrected chi connectivity index (χ0v) is 16.5. The number of aromatic amines is 1. The molecule has 1 fully saturated rings. The van der Waals surface area contributed by atoms with E-state index in [1.807, 2.05) is 19.2 Å². The van der Waals surface area contributed by atoms with Gasteiger partial charge in [0, 0.05) is 41.1 Å². The molecule has 2 aromatic heterocycles. The summed E-state index contributed by atoms with van der Waals surface area (Å²) in [5.41, 5.74) is 4.73. The van der Waals surface area contributed by atoms with Crippen molar-refractivity contribution in [2.24, 2.45) is 5.92 Å². The van der Waals surface area contributed by atoms with Gasteiger partial charge in [-0.3, -0.25) is 14.7 Å². The van der Waals surface area contributed by atoms with Crippen molar-refractivity contribution in [3.05, 3.63) is 65.6 Å². The first-order chi connectivity index (χ1) is 13.7. The van der Waals surface area contributed by atoms with Gasteiger partial charge in [0.2, 0.25) is 0 Å². The van der Waals surface area contributed by atoms with E-state index in [-0.39, 0.29) is 17.9 Å². The maximum Gasteiger partial charge on any atom is 0.310 e. The number of aromatic nitrogens is 2. The lowest BCUT2D eigenvalue weighted by molar-refractivity contribution is -0.150. The third-order valence-electron chi connectivity index (χ3n) is 5.65. The summed E-state index contributed by atoms with van der Waals surface area (Å²) in [5.74, 6) is -0.147. The molecule has 0 amide bonds. The molecule has 1 aliphatic rings. The standard InChI is InChI=1S/C23H27N3O2/c1-3-28-23(27)18-9-7-13-26(15-18)22(17-8-6-12-24-14-17)21-16(2)25-20-11-5-4-10-19(20)21/h4-6,8,10-12,14,18,22,25H,3,7,9,13,15H2,1-2H3. The second-order valence-electron chi connectivity index (χ2n) is 7.48. The predicted octanol–water partition coefficient (Wildman–Crippen LogP) is 4.24. The summed E-state index contributed by atoms with van der Waals surface area (Å²) in [4.78, 5) is 22.7. The van der Waals surface area contributed by atoms with E-state index in [1.54, 1.807) is 6.20 Å². The van der Waals surface area contributed by atoms with Crippen LogP contribution in [0.5, 0.6) is 0 Å². The molecule has 0 bridgehead atoms. The van der Waals surface area contributed by atoms with Crippen molar-refractivity contribution < 1.29 is 9.53 Å². The lowest BCUT2D eigenvalue weighted by Crippen LogP contribution is -2.42. The number of ether oxygens (including phenoxy) is 1. The summed E-state index contributed by atoms with van der Waals surface area (Å²) in [7, 11) is 0. The van der Waals surface area contributed by atoms with E-state index in [1.165, 1.54) is 10.9 Å². The normalized spacial score (nSPS) is 18.9. The van der Waals surface area contributed by atoms with Gasteiger partial charge in [-0.05, 0) is 50.9 Å². The monoisotopic (exact) mass is 377 g/mol. The van der Waals surface area contributed by atoms with Crippen LogP contribution in [0.15, 0.2) is 48.8 Å². The van der Waals surface area contributed by atoms with Gasteiger partial charge in [0.15, 0.2) is 0 Å². The highest BCUT2D eigenvalue weighted by Gasteiger charge is 2.34. The fraction of sp³-hybridized carbons (Fsp3) is 0.391. The Kier molecular flexibility index (Phi) is 5.44. The van der Waals surface area contributed by atoms with Crippen LogP contribution in [0.2, 0.25) is 0 Å². The number of nitrogens with zero attached hydrogens (tertiary/aromatic N) is 2. The number of aryl methyl sites for hydroxylation is 1. The molecule has 0 saturated carbocycles. The van der Waals surface area contributed by atoms with Crippen molar-refractivity contribution in [2.75, 3.05) is 19.7 Å². The van der Waals surface area contributed by atoms with E-state index in [9.17, 15) is 4.79 Å². The van der Waals surface area contributed by atoms with E-state index in [2.05, 4.69) is 52.1 Å². The van der Waals surface area contributed by atoms with Gasteiger partial charge in [0.05, 0.1) is 18.6 Å². The van der Waals surface area contributed by atoms with Crippen LogP contribution in [0.25, 0.3) is 10.9 Å². The summed E-state index contributed by atoms with van der Waals surface area (Å²) in [6, 6.07) is 12.6. The van der Waals surface area contributed by atoms with Gasteiger partial charge in [0.25, 0.3) is 0 Å². The Bertz CT molecular complexity index is 951.